The molecule has 1 amide bonds. The zero-order valence-electron chi connectivity index (χ0n) is 14.1. The Morgan fingerprint density at radius 2 is 1.81 bits per heavy atom. The average Bonchev–Trinajstić information content (AvgIpc) is 3.34. The molecular formula is C20H18FN3OS. The molecule has 1 aromatic heterocycles. The van der Waals surface area contributed by atoms with E-state index >= 15 is 0 Å². The van der Waals surface area contributed by atoms with E-state index in [9.17, 15) is 9.18 Å². The van der Waals surface area contributed by atoms with Crippen molar-refractivity contribution >= 4 is 28.1 Å². The molecular weight excluding hydrogens is 349 g/mol. The van der Waals surface area contributed by atoms with Gasteiger partial charge < -0.3 is 10.2 Å². The highest BCUT2D eigenvalue weighted by atomic mass is 32.1. The van der Waals surface area contributed by atoms with Crippen LogP contribution in [-0.2, 0) is 0 Å². The Hall–Kier alpha value is -2.73. The largest absolute Gasteiger partial charge is 0.348 e. The van der Waals surface area contributed by atoms with Gasteiger partial charge in [0.1, 0.15) is 5.82 Å². The van der Waals surface area contributed by atoms with Crippen LogP contribution in [0.4, 0.5) is 15.2 Å². The van der Waals surface area contributed by atoms with Crippen LogP contribution >= 0.6 is 11.3 Å². The molecule has 0 bridgehead atoms. The van der Waals surface area contributed by atoms with Gasteiger partial charge in [-0.2, -0.15) is 0 Å². The molecule has 0 spiro atoms. The molecule has 0 radical (unpaired) electrons. The SMILES string of the molecule is O=C(Nc1ccc(-c2csc(N3CCCC3)n2)cc1)c1ccccc1F. The molecule has 1 aliphatic heterocycles. The first kappa shape index (κ1) is 16.7. The van der Waals surface area contributed by atoms with Gasteiger partial charge in [0.15, 0.2) is 5.13 Å². The van der Waals surface area contributed by atoms with Crippen LogP contribution in [0.5, 0.6) is 0 Å². The van der Waals surface area contributed by atoms with Crippen molar-refractivity contribution in [2.75, 3.05) is 23.3 Å². The van der Waals surface area contributed by atoms with Crippen LogP contribution in [0.3, 0.4) is 0 Å². The first-order chi connectivity index (χ1) is 12.7. The standard InChI is InChI=1S/C20H18FN3OS/c21-17-6-2-1-5-16(17)19(25)22-15-9-7-14(8-10-15)18-13-26-20(23-18)24-11-3-4-12-24/h1-2,5-10,13H,3-4,11-12H2,(H,22,25). The van der Waals surface area contributed by atoms with E-state index in [1.54, 1.807) is 23.5 Å². The Kier molecular flexibility index (Phi) is 4.67. The number of aromatic nitrogens is 1. The molecule has 1 fully saturated rings. The molecule has 2 aromatic carbocycles. The number of nitrogens with zero attached hydrogens (tertiary/aromatic N) is 2. The second kappa shape index (κ2) is 7.25. The van der Waals surface area contributed by atoms with Gasteiger partial charge in [0, 0.05) is 29.7 Å². The molecule has 4 rings (SSSR count). The zero-order valence-corrected chi connectivity index (χ0v) is 14.9. The molecule has 2 heterocycles. The topological polar surface area (TPSA) is 45.2 Å². The fourth-order valence-electron chi connectivity index (χ4n) is 3.02. The lowest BCUT2D eigenvalue weighted by molar-refractivity contribution is 0.102. The van der Waals surface area contributed by atoms with E-state index in [4.69, 9.17) is 4.98 Å². The lowest BCUT2D eigenvalue weighted by atomic mass is 10.1. The lowest BCUT2D eigenvalue weighted by Crippen LogP contribution is -2.17. The number of anilines is 2. The van der Waals surface area contributed by atoms with Crippen LogP contribution in [0.15, 0.2) is 53.9 Å². The summed E-state index contributed by atoms with van der Waals surface area (Å²) in [5.74, 6) is -0.987. The zero-order chi connectivity index (χ0) is 17.9. The second-order valence-electron chi connectivity index (χ2n) is 6.22. The van der Waals surface area contributed by atoms with Crippen LogP contribution in [0.25, 0.3) is 11.3 Å². The Morgan fingerprint density at radius 1 is 1.08 bits per heavy atom. The molecule has 3 aromatic rings. The van der Waals surface area contributed by atoms with Crippen molar-refractivity contribution in [1.29, 1.82) is 0 Å². The molecule has 132 valence electrons. The third-order valence-electron chi connectivity index (χ3n) is 4.43. The van der Waals surface area contributed by atoms with E-state index in [1.165, 1.54) is 25.0 Å². The Labute approximate surface area is 155 Å². The van der Waals surface area contributed by atoms with Crippen molar-refractivity contribution in [3.63, 3.8) is 0 Å². The number of amides is 1. The fourth-order valence-corrected chi connectivity index (χ4v) is 3.91. The minimum atomic E-state index is -0.529. The second-order valence-corrected chi connectivity index (χ2v) is 7.06. The number of rotatable bonds is 4. The van der Waals surface area contributed by atoms with Crippen molar-refractivity contribution < 1.29 is 9.18 Å². The molecule has 0 aliphatic carbocycles. The van der Waals surface area contributed by atoms with Gasteiger partial charge in [-0.15, -0.1) is 11.3 Å². The summed E-state index contributed by atoms with van der Waals surface area (Å²) in [5, 5.41) is 5.84. The quantitative estimate of drug-likeness (QED) is 0.720. The molecule has 1 aliphatic rings. The molecule has 6 heteroatoms. The molecule has 26 heavy (non-hydrogen) atoms. The highest BCUT2D eigenvalue weighted by molar-refractivity contribution is 7.14. The van der Waals surface area contributed by atoms with Crippen LogP contribution in [-0.4, -0.2) is 24.0 Å². The van der Waals surface area contributed by atoms with E-state index in [0.717, 1.165) is 29.5 Å². The van der Waals surface area contributed by atoms with Gasteiger partial charge in [-0.25, -0.2) is 9.37 Å². The average molecular weight is 367 g/mol. The summed E-state index contributed by atoms with van der Waals surface area (Å²) in [7, 11) is 0. The number of benzene rings is 2. The minimum absolute atomic E-state index is 0.0336. The number of nitrogens with one attached hydrogen (secondary N) is 1. The Balaban J connectivity index is 1.47. The molecule has 1 saturated heterocycles. The smallest absolute Gasteiger partial charge is 0.258 e. The van der Waals surface area contributed by atoms with Crippen LogP contribution < -0.4 is 10.2 Å². The number of thiazole rings is 1. The van der Waals surface area contributed by atoms with E-state index in [2.05, 4.69) is 15.6 Å². The third-order valence-corrected chi connectivity index (χ3v) is 5.33. The molecule has 0 saturated carbocycles. The molecule has 0 atom stereocenters. The number of hydrogen-bond acceptors (Lipinski definition) is 4. The van der Waals surface area contributed by atoms with Gasteiger partial charge in [-0.3, -0.25) is 4.79 Å². The Morgan fingerprint density at radius 3 is 2.54 bits per heavy atom. The van der Waals surface area contributed by atoms with Crippen molar-refractivity contribution in [2.45, 2.75) is 12.8 Å². The summed E-state index contributed by atoms with van der Waals surface area (Å²) in [6.45, 7) is 2.15. The highest BCUT2D eigenvalue weighted by Gasteiger charge is 2.16. The van der Waals surface area contributed by atoms with Crippen molar-refractivity contribution in [3.8, 4) is 11.3 Å². The summed E-state index contributed by atoms with van der Waals surface area (Å²) in [5.41, 5.74) is 2.59. The van der Waals surface area contributed by atoms with Crippen molar-refractivity contribution in [1.82, 2.24) is 4.98 Å². The summed E-state index contributed by atoms with van der Waals surface area (Å²) < 4.78 is 13.7. The van der Waals surface area contributed by atoms with Gasteiger partial charge in [0.25, 0.3) is 5.91 Å². The van der Waals surface area contributed by atoms with Crippen molar-refractivity contribution in [3.05, 3.63) is 65.3 Å². The predicted octanol–water partition coefficient (Wildman–Crippen LogP) is 4.80. The Bertz CT molecular complexity index is 917. The van der Waals surface area contributed by atoms with Crippen LogP contribution in [0.1, 0.15) is 23.2 Å². The summed E-state index contributed by atoms with van der Waals surface area (Å²) in [4.78, 5) is 19.2. The monoisotopic (exact) mass is 367 g/mol. The van der Waals surface area contributed by atoms with E-state index in [0.29, 0.717) is 5.69 Å². The first-order valence-electron chi connectivity index (χ1n) is 8.57. The van der Waals surface area contributed by atoms with Gasteiger partial charge in [0.2, 0.25) is 0 Å². The molecule has 4 nitrogen and oxygen atoms in total. The van der Waals surface area contributed by atoms with Gasteiger partial charge in [0.05, 0.1) is 11.3 Å². The maximum Gasteiger partial charge on any atom is 0.258 e. The summed E-state index contributed by atoms with van der Waals surface area (Å²) in [6, 6.07) is 13.4. The first-order valence-corrected chi connectivity index (χ1v) is 9.45. The third kappa shape index (κ3) is 3.46. The van der Waals surface area contributed by atoms with Gasteiger partial charge >= 0.3 is 0 Å². The maximum atomic E-state index is 13.7. The number of hydrogen-bond donors (Lipinski definition) is 1. The van der Waals surface area contributed by atoms with Crippen molar-refractivity contribution in [2.24, 2.45) is 0 Å². The van der Waals surface area contributed by atoms with Gasteiger partial charge in [-0.1, -0.05) is 24.3 Å². The lowest BCUT2D eigenvalue weighted by Gasteiger charge is -2.12. The number of carbonyl (C=O) groups is 1. The van der Waals surface area contributed by atoms with E-state index in [-0.39, 0.29) is 5.56 Å². The van der Waals surface area contributed by atoms with Gasteiger partial charge in [-0.05, 0) is 37.1 Å². The van der Waals surface area contributed by atoms with E-state index in [1.807, 2.05) is 24.3 Å². The summed E-state index contributed by atoms with van der Waals surface area (Å²) >= 11 is 1.66. The number of carbonyl (C=O) groups excluding carboxylic acids is 1. The molecule has 0 unspecified atom stereocenters. The van der Waals surface area contributed by atoms with E-state index < -0.39 is 11.7 Å². The molecule has 1 N–H and O–H groups in total. The minimum Gasteiger partial charge on any atom is -0.348 e. The normalized spacial score (nSPS) is 13.8. The van der Waals surface area contributed by atoms with Crippen LogP contribution in [0, 0.1) is 5.82 Å². The fraction of sp³-hybridized carbons (Fsp3) is 0.200. The summed E-state index contributed by atoms with van der Waals surface area (Å²) in [6.07, 6.45) is 2.45. The predicted molar refractivity (Wildman–Crippen MR) is 103 cm³/mol. The number of halogens is 1. The highest BCUT2D eigenvalue weighted by Crippen LogP contribution is 2.30. The van der Waals surface area contributed by atoms with Crippen LogP contribution in [0.2, 0.25) is 0 Å². The maximum absolute atomic E-state index is 13.7.